The van der Waals surface area contributed by atoms with Gasteiger partial charge in [-0.3, -0.25) is 4.79 Å². The standard InChI is InChI=1S/C10H13NO4S2/c12-4-8(10(14)15)11-9(13)6-16-5-7-2-1-3-17-7/h1-3,8,12H,4-6H2,(H,11,13)(H,14,15)/t8-/m0/s1. The Morgan fingerprint density at radius 1 is 1.53 bits per heavy atom. The molecule has 0 aliphatic heterocycles. The third-order valence-electron chi connectivity index (χ3n) is 1.87. The number of aliphatic hydroxyl groups excluding tert-OH is 1. The van der Waals surface area contributed by atoms with Crippen LogP contribution < -0.4 is 5.32 Å². The second-order valence-corrected chi connectivity index (χ2v) is 5.23. The molecule has 1 aromatic rings. The molecule has 3 N–H and O–H groups in total. The number of carbonyl (C=O) groups is 2. The molecule has 1 heterocycles. The number of nitrogens with one attached hydrogen (secondary N) is 1. The van der Waals surface area contributed by atoms with Crippen molar-refractivity contribution in [2.75, 3.05) is 12.4 Å². The maximum atomic E-state index is 11.3. The summed E-state index contributed by atoms with van der Waals surface area (Å²) in [7, 11) is 0. The number of thioether (sulfide) groups is 1. The third kappa shape index (κ3) is 5.20. The fraction of sp³-hybridized carbons (Fsp3) is 0.400. The van der Waals surface area contributed by atoms with Crippen LogP contribution in [-0.2, 0) is 15.3 Å². The molecule has 7 heteroatoms. The molecule has 0 aliphatic rings. The van der Waals surface area contributed by atoms with Crippen LogP contribution in [0.25, 0.3) is 0 Å². The lowest BCUT2D eigenvalue weighted by Gasteiger charge is -2.10. The van der Waals surface area contributed by atoms with Gasteiger partial charge in [-0.1, -0.05) is 6.07 Å². The second-order valence-electron chi connectivity index (χ2n) is 3.21. The molecule has 1 atom stereocenters. The van der Waals surface area contributed by atoms with Crippen molar-refractivity contribution in [2.45, 2.75) is 11.8 Å². The molecule has 0 saturated heterocycles. The van der Waals surface area contributed by atoms with Crippen molar-refractivity contribution in [3.63, 3.8) is 0 Å². The third-order valence-corrected chi connectivity index (χ3v) is 3.91. The van der Waals surface area contributed by atoms with E-state index in [0.29, 0.717) is 0 Å². The van der Waals surface area contributed by atoms with E-state index in [2.05, 4.69) is 5.32 Å². The summed E-state index contributed by atoms with van der Waals surface area (Å²) in [5.41, 5.74) is 0. The summed E-state index contributed by atoms with van der Waals surface area (Å²) in [5.74, 6) is -0.707. The molecule has 0 fully saturated rings. The molecule has 1 rings (SSSR count). The number of rotatable bonds is 7. The molecule has 94 valence electrons. The van der Waals surface area contributed by atoms with E-state index in [1.807, 2.05) is 17.5 Å². The number of carboxylic acids is 1. The monoisotopic (exact) mass is 275 g/mol. The summed E-state index contributed by atoms with van der Waals surface area (Å²) in [6.45, 7) is -0.601. The van der Waals surface area contributed by atoms with Crippen LogP contribution >= 0.6 is 23.1 Å². The Morgan fingerprint density at radius 3 is 2.82 bits per heavy atom. The van der Waals surface area contributed by atoms with Gasteiger partial charge >= 0.3 is 5.97 Å². The van der Waals surface area contributed by atoms with Crippen molar-refractivity contribution in [3.05, 3.63) is 22.4 Å². The first kappa shape index (κ1) is 14.0. The number of amides is 1. The molecule has 17 heavy (non-hydrogen) atoms. The van der Waals surface area contributed by atoms with E-state index >= 15 is 0 Å². The topological polar surface area (TPSA) is 86.6 Å². The Kier molecular flexibility index (Phi) is 6.03. The van der Waals surface area contributed by atoms with Crippen LogP contribution in [-0.4, -0.2) is 40.5 Å². The van der Waals surface area contributed by atoms with Crippen LogP contribution in [0.4, 0.5) is 0 Å². The van der Waals surface area contributed by atoms with Gasteiger partial charge < -0.3 is 15.5 Å². The van der Waals surface area contributed by atoms with Crippen LogP contribution in [0.1, 0.15) is 4.88 Å². The normalized spacial score (nSPS) is 12.1. The van der Waals surface area contributed by atoms with Crippen LogP contribution in [0.15, 0.2) is 17.5 Å². The minimum absolute atomic E-state index is 0.182. The minimum Gasteiger partial charge on any atom is -0.480 e. The highest BCUT2D eigenvalue weighted by Gasteiger charge is 2.18. The average Bonchev–Trinajstić information content (AvgIpc) is 2.78. The van der Waals surface area contributed by atoms with Crippen molar-refractivity contribution in [1.29, 1.82) is 0 Å². The molecule has 0 aromatic carbocycles. The number of aliphatic carboxylic acids is 1. The zero-order valence-electron chi connectivity index (χ0n) is 8.96. The van der Waals surface area contributed by atoms with E-state index in [9.17, 15) is 9.59 Å². The van der Waals surface area contributed by atoms with Gasteiger partial charge in [-0.25, -0.2) is 4.79 Å². The fourth-order valence-corrected chi connectivity index (χ4v) is 2.74. The van der Waals surface area contributed by atoms with Crippen LogP contribution in [0.3, 0.4) is 0 Å². The lowest BCUT2D eigenvalue weighted by atomic mass is 10.3. The number of thiophene rings is 1. The van der Waals surface area contributed by atoms with Crippen molar-refractivity contribution in [3.8, 4) is 0 Å². The minimum atomic E-state index is -1.23. The van der Waals surface area contributed by atoms with Crippen LogP contribution in [0, 0.1) is 0 Å². The molecular weight excluding hydrogens is 262 g/mol. The SMILES string of the molecule is O=C(CSCc1cccs1)N[C@@H](CO)C(=O)O. The Hall–Kier alpha value is -1.05. The molecular formula is C10H13NO4S2. The predicted molar refractivity (Wildman–Crippen MR) is 67.1 cm³/mol. The molecule has 0 spiro atoms. The van der Waals surface area contributed by atoms with Crippen LogP contribution in [0.5, 0.6) is 0 Å². The highest BCUT2D eigenvalue weighted by Crippen LogP contribution is 2.16. The summed E-state index contributed by atoms with van der Waals surface area (Å²) in [6.07, 6.45) is 0. The van der Waals surface area contributed by atoms with E-state index in [1.54, 1.807) is 11.3 Å². The van der Waals surface area contributed by atoms with E-state index < -0.39 is 18.6 Å². The highest BCUT2D eigenvalue weighted by atomic mass is 32.2. The summed E-state index contributed by atoms with van der Waals surface area (Å²) >= 11 is 3.02. The second kappa shape index (κ2) is 7.31. The number of aliphatic hydroxyl groups is 1. The van der Waals surface area contributed by atoms with Crippen molar-refractivity contribution in [1.82, 2.24) is 5.32 Å². The van der Waals surface area contributed by atoms with Gasteiger partial charge in [0.15, 0.2) is 0 Å². The zero-order chi connectivity index (χ0) is 12.7. The summed E-state index contributed by atoms with van der Waals surface area (Å²) in [6, 6.07) is 2.70. The zero-order valence-corrected chi connectivity index (χ0v) is 10.6. The predicted octanol–water partition coefficient (Wildman–Crippen LogP) is 0.543. The van der Waals surface area contributed by atoms with Gasteiger partial charge in [-0.2, -0.15) is 0 Å². The van der Waals surface area contributed by atoms with Gasteiger partial charge in [0.25, 0.3) is 0 Å². The van der Waals surface area contributed by atoms with Gasteiger partial charge in [0, 0.05) is 10.6 Å². The Balaban J connectivity index is 2.23. The molecule has 0 radical (unpaired) electrons. The largest absolute Gasteiger partial charge is 0.480 e. The Morgan fingerprint density at radius 2 is 2.29 bits per heavy atom. The van der Waals surface area contributed by atoms with E-state index in [4.69, 9.17) is 10.2 Å². The number of hydrogen-bond acceptors (Lipinski definition) is 5. The average molecular weight is 275 g/mol. The lowest BCUT2D eigenvalue weighted by molar-refractivity contribution is -0.142. The molecule has 0 aliphatic carbocycles. The van der Waals surface area contributed by atoms with Gasteiger partial charge in [0.05, 0.1) is 12.4 Å². The van der Waals surface area contributed by atoms with Crippen molar-refractivity contribution < 1.29 is 19.8 Å². The van der Waals surface area contributed by atoms with E-state index in [1.165, 1.54) is 16.6 Å². The summed E-state index contributed by atoms with van der Waals surface area (Å²) in [5, 5.41) is 21.5. The van der Waals surface area contributed by atoms with Gasteiger partial charge in [-0.05, 0) is 11.4 Å². The summed E-state index contributed by atoms with van der Waals surface area (Å²) in [4.78, 5) is 23.1. The maximum Gasteiger partial charge on any atom is 0.328 e. The molecule has 1 aromatic heterocycles. The molecule has 5 nitrogen and oxygen atoms in total. The van der Waals surface area contributed by atoms with Crippen molar-refractivity contribution >= 4 is 35.0 Å². The van der Waals surface area contributed by atoms with E-state index in [-0.39, 0.29) is 11.7 Å². The number of carbonyl (C=O) groups excluding carboxylic acids is 1. The smallest absolute Gasteiger partial charge is 0.328 e. The van der Waals surface area contributed by atoms with Gasteiger partial charge in [0.2, 0.25) is 5.91 Å². The first-order valence-corrected chi connectivity index (χ1v) is 6.90. The summed E-state index contributed by atoms with van der Waals surface area (Å²) < 4.78 is 0. The quantitative estimate of drug-likeness (QED) is 0.676. The molecule has 1 amide bonds. The highest BCUT2D eigenvalue weighted by molar-refractivity contribution is 7.99. The first-order valence-electron chi connectivity index (χ1n) is 4.86. The molecule has 0 saturated carbocycles. The molecule has 0 bridgehead atoms. The molecule has 0 unspecified atom stereocenters. The maximum absolute atomic E-state index is 11.3. The first-order chi connectivity index (χ1) is 8.13. The van der Waals surface area contributed by atoms with Crippen molar-refractivity contribution in [2.24, 2.45) is 0 Å². The number of carboxylic acid groups (broad SMARTS) is 1. The lowest BCUT2D eigenvalue weighted by Crippen LogP contribution is -2.44. The Labute approximate surface area is 107 Å². The van der Waals surface area contributed by atoms with Gasteiger partial charge in [-0.15, -0.1) is 23.1 Å². The fourth-order valence-electron chi connectivity index (χ4n) is 1.06. The van der Waals surface area contributed by atoms with Crippen LogP contribution in [0.2, 0.25) is 0 Å². The van der Waals surface area contributed by atoms with E-state index in [0.717, 1.165) is 5.75 Å². The number of hydrogen-bond donors (Lipinski definition) is 3. The Bertz CT molecular complexity index is 366. The van der Waals surface area contributed by atoms with Gasteiger partial charge in [0.1, 0.15) is 6.04 Å².